The van der Waals surface area contributed by atoms with E-state index in [-0.39, 0.29) is 30.7 Å². The molecule has 0 saturated carbocycles. The summed E-state index contributed by atoms with van der Waals surface area (Å²) in [5.74, 6) is -0.875. The van der Waals surface area contributed by atoms with Crippen molar-refractivity contribution >= 4 is 11.8 Å². The van der Waals surface area contributed by atoms with E-state index < -0.39 is 6.36 Å². The first-order chi connectivity index (χ1) is 9.81. The van der Waals surface area contributed by atoms with Gasteiger partial charge in [-0.15, -0.1) is 0 Å². The molecule has 1 aromatic rings. The summed E-state index contributed by atoms with van der Waals surface area (Å²) in [5, 5.41) is 2.63. The van der Waals surface area contributed by atoms with E-state index in [4.69, 9.17) is 0 Å². The van der Waals surface area contributed by atoms with E-state index in [2.05, 4.69) is 15.8 Å². The molecule has 0 aliphatic carbocycles. The third kappa shape index (κ3) is 12.7. The van der Waals surface area contributed by atoms with Crippen LogP contribution in [0.2, 0.25) is 0 Å². The molecule has 21 heavy (non-hydrogen) atoms. The molecule has 3 N–H and O–H groups in total. The molecule has 1 rings (SSSR count). The Morgan fingerprint density at radius 2 is 1.86 bits per heavy atom. The Morgan fingerprint density at radius 1 is 1.33 bits per heavy atom. The van der Waals surface area contributed by atoms with Crippen LogP contribution >= 0.6 is 0 Å². The number of carbonyl (C=O) groups excluding carboxylic acids is 2. The van der Waals surface area contributed by atoms with Crippen LogP contribution in [0.4, 0.5) is 8.78 Å². The van der Waals surface area contributed by atoms with Crippen molar-refractivity contribution in [3.05, 3.63) is 35.6 Å². The van der Waals surface area contributed by atoms with Crippen molar-refractivity contribution in [2.45, 2.75) is 33.2 Å². The quantitative estimate of drug-likeness (QED) is 0.838. The zero-order chi connectivity index (χ0) is 16.3. The Bertz CT molecular complexity index is 432. The summed E-state index contributed by atoms with van der Waals surface area (Å²) in [5.41, 5.74) is 5.28. The molecule has 0 bridgehead atoms. The fourth-order valence-electron chi connectivity index (χ4n) is 1.21. The predicted octanol–water partition coefficient (Wildman–Crippen LogP) is 1.66. The second-order valence-corrected chi connectivity index (χ2v) is 4.18. The maximum absolute atomic E-state index is 12.6. The monoisotopic (exact) mass is 302 g/mol. The summed E-state index contributed by atoms with van der Waals surface area (Å²) < 4.78 is 29.4. The van der Waals surface area contributed by atoms with E-state index in [9.17, 15) is 18.4 Å². The second-order valence-electron chi connectivity index (χ2n) is 4.18. The number of nitrogens with two attached hydrogens (primary N) is 1. The molecule has 0 spiro atoms. The standard InChI is InChI=1S/C12H15F2NO2.C2H5NO/c1-9(13)17-7-6-12(16)15-8-10-2-4-11(14)5-3-10;1-2(3)4/h2-5,9H,6-8H2,1H3,(H,15,16);1H3,(H2,3,4). The van der Waals surface area contributed by atoms with Gasteiger partial charge in [0.2, 0.25) is 11.8 Å². The largest absolute Gasteiger partial charge is 0.370 e. The van der Waals surface area contributed by atoms with Crippen LogP contribution in [-0.4, -0.2) is 24.8 Å². The second kappa shape index (κ2) is 10.7. The van der Waals surface area contributed by atoms with Gasteiger partial charge in [0.1, 0.15) is 5.82 Å². The lowest BCUT2D eigenvalue weighted by Crippen LogP contribution is -2.24. The van der Waals surface area contributed by atoms with Crippen LogP contribution in [0.25, 0.3) is 0 Å². The van der Waals surface area contributed by atoms with Gasteiger partial charge in [0.05, 0.1) is 13.0 Å². The number of benzene rings is 1. The van der Waals surface area contributed by atoms with Crippen molar-refractivity contribution in [3.8, 4) is 0 Å². The van der Waals surface area contributed by atoms with Gasteiger partial charge in [-0.3, -0.25) is 9.59 Å². The van der Waals surface area contributed by atoms with Gasteiger partial charge in [-0.1, -0.05) is 12.1 Å². The average molecular weight is 302 g/mol. The van der Waals surface area contributed by atoms with Gasteiger partial charge in [0.15, 0.2) is 6.36 Å². The number of rotatable bonds is 6. The van der Waals surface area contributed by atoms with Crippen LogP contribution in [0.3, 0.4) is 0 Å². The van der Waals surface area contributed by atoms with Crippen molar-refractivity contribution < 1.29 is 23.1 Å². The Balaban J connectivity index is 0.000000885. The van der Waals surface area contributed by atoms with Gasteiger partial charge in [-0.05, 0) is 24.6 Å². The van der Waals surface area contributed by atoms with Gasteiger partial charge in [-0.2, -0.15) is 0 Å². The van der Waals surface area contributed by atoms with Crippen molar-refractivity contribution in [1.29, 1.82) is 0 Å². The lowest BCUT2D eigenvalue weighted by atomic mass is 10.2. The van der Waals surface area contributed by atoms with E-state index in [1.54, 1.807) is 12.1 Å². The number of hydrogen-bond donors (Lipinski definition) is 2. The average Bonchev–Trinajstić information content (AvgIpc) is 2.37. The van der Waals surface area contributed by atoms with E-state index in [0.717, 1.165) is 5.56 Å². The zero-order valence-electron chi connectivity index (χ0n) is 12.1. The molecule has 7 heteroatoms. The smallest absolute Gasteiger partial charge is 0.222 e. The Labute approximate surface area is 122 Å². The summed E-state index contributed by atoms with van der Waals surface area (Å²) in [6, 6.07) is 5.84. The molecule has 2 amide bonds. The van der Waals surface area contributed by atoms with Crippen LogP contribution < -0.4 is 11.1 Å². The molecule has 0 aliphatic heterocycles. The van der Waals surface area contributed by atoms with Crippen LogP contribution in [0.5, 0.6) is 0 Å². The summed E-state index contributed by atoms with van der Waals surface area (Å²) >= 11 is 0. The first-order valence-corrected chi connectivity index (χ1v) is 6.34. The maximum Gasteiger partial charge on any atom is 0.222 e. The van der Waals surface area contributed by atoms with E-state index >= 15 is 0 Å². The molecule has 0 aliphatic rings. The molecule has 0 saturated heterocycles. The highest BCUT2D eigenvalue weighted by atomic mass is 19.1. The number of nitrogens with one attached hydrogen (secondary N) is 1. The third-order valence-electron chi connectivity index (χ3n) is 2.08. The number of ether oxygens (including phenoxy) is 1. The molecular weight excluding hydrogens is 282 g/mol. The minimum absolute atomic E-state index is 0.0485. The predicted molar refractivity (Wildman–Crippen MR) is 74.3 cm³/mol. The third-order valence-corrected chi connectivity index (χ3v) is 2.08. The van der Waals surface area contributed by atoms with Crippen LogP contribution in [0, 0.1) is 5.82 Å². The van der Waals surface area contributed by atoms with Crippen LogP contribution in [0.15, 0.2) is 24.3 Å². The van der Waals surface area contributed by atoms with Gasteiger partial charge in [-0.25, -0.2) is 8.78 Å². The van der Waals surface area contributed by atoms with E-state index in [1.807, 2.05) is 0 Å². The molecular formula is C14H20F2N2O3. The highest BCUT2D eigenvalue weighted by molar-refractivity contribution is 5.75. The SMILES string of the molecule is CC(F)OCCC(=O)NCc1ccc(F)cc1.CC(N)=O. The minimum Gasteiger partial charge on any atom is -0.370 e. The summed E-state index contributed by atoms with van der Waals surface area (Å²) in [4.78, 5) is 20.5. The fraction of sp³-hybridized carbons (Fsp3) is 0.429. The van der Waals surface area contributed by atoms with Gasteiger partial charge < -0.3 is 15.8 Å². The number of amides is 2. The molecule has 1 aromatic carbocycles. The molecule has 0 radical (unpaired) electrons. The summed E-state index contributed by atoms with van der Waals surface area (Å²) in [6.07, 6.45) is -1.25. The number of carbonyl (C=O) groups is 2. The van der Waals surface area contributed by atoms with E-state index in [0.29, 0.717) is 6.54 Å². The molecule has 0 fully saturated rings. The van der Waals surface area contributed by atoms with Gasteiger partial charge in [0, 0.05) is 13.5 Å². The van der Waals surface area contributed by atoms with Crippen molar-refractivity contribution in [2.24, 2.45) is 5.73 Å². The topological polar surface area (TPSA) is 81.4 Å². The molecule has 0 heterocycles. The molecule has 5 nitrogen and oxygen atoms in total. The lowest BCUT2D eigenvalue weighted by Gasteiger charge is -2.06. The number of halogens is 2. The van der Waals surface area contributed by atoms with Crippen molar-refractivity contribution in [3.63, 3.8) is 0 Å². The van der Waals surface area contributed by atoms with Gasteiger partial charge >= 0.3 is 0 Å². The van der Waals surface area contributed by atoms with Crippen LogP contribution in [0.1, 0.15) is 25.8 Å². The zero-order valence-corrected chi connectivity index (χ0v) is 12.1. The molecule has 0 aromatic heterocycles. The highest BCUT2D eigenvalue weighted by Gasteiger charge is 2.03. The molecule has 1 atom stereocenters. The summed E-state index contributed by atoms with van der Waals surface area (Å²) in [7, 11) is 0. The maximum atomic E-state index is 12.6. The van der Waals surface area contributed by atoms with Crippen molar-refractivity contribution in [1.82, 2.24) is 5.32 Å². The molecule has 118 valence electrons. The Morgan fingerprint density at radius 3 is 2.33 bits per heavy atom. The minimum atomic E-state index is -1.36. The summed E-state index contributed by atoms with van der Waals surface area (Å²) in [6.45, 7) is 2.94. The normalized spacial score (nSPS) is 11.0. The lowest BCUT2D eigenvalue weighted by molar-refractivity contribution is -0.123. The first-order valence-electron chi connectivity index (χ1n) is 6.34. The Kier molecular flexibility index (Phi) is 9.70. The number of hydrogen-bond acceptors (Lipinski definition) is 3. The molecule has 1 unspecified atom stereocenters. The van der Waals surface area contributed by atoms with Gasteiger partial charge in [0.25, 0.3) is 0 Å². The number of primary amides is 1. The highest BCUT2D eigenvalue weighted by Crippen LogP contribution is 2.02. The van der Waals surface area contributed by atoms with Crippen LogP contribution in [-0.2, 0) is 20.9 Å². The first kappa shape index (κ1) is 19.0. The number of alkyl halides is 1. The Hall–Kier alpha value is -2.02. The fourth-order valence-corrected chi connectivity index (χ4v) is 1.21. The van der Waals surface area contributed by atoms with Crippen molar-refractivity contribution in [2.75, 3.05) is 6.61 Å². The van der Waals surface area contributed by atoms with E-state index in [1.165, 1.54) is 26.0 Å².